The van der Waals surface area contributed by atoms with Gasteiger partial charge in [0.05, 0.1) is 0 Å². The molecule has 2 heterocycles. The molecule has 0 N–H and O–H groups in total. The summed E-state index contributed by atoms with van der Waals surface area (Å²) < 4.78 is 6.56. The molecule has 0 bridgehead atoms. The van der Waals surface area contributed by atoms with E-state index in [4.69, 9.17) is 4.74 Å². The summed E-state index contributed by atoms with van der Waals surface area (Å²) in [5.74, 6) is 0.288. The molecule has 33 heavy (non-hydrogen) atoms. The second kappa shape index (κ2) is 8.88. The van der Waals surface area contributed by atoms with E-state index in [0.717, 1.165) is 16.7 Å². The molecule has 0 aliphatic heterocycles. The SMILES string of the molecule is O=C(OCc1nnn(C(c2ccccc2)(c2ccccc2)c2ccccc2)n1)n1ccnc1. The summed E-state index contributed by atoms with van der Waals surface area (Å²) >= 11 is 0. The third kappa shape index (κ3) is 3.78. The number of tetrazole rings is 1. The highest BCUT2D eigenvalue weighted by Gasteiger charge is 2.41. The van der Waals surface area contributed by atoms with Crippen LogP contribution >= 0.6 is 0 Å². The Morgan fingerprint density at radius 1 is 0.818 bits per heavy atom. The number of imidazole rings is 1. The van der Waals surface area contributed by atoms with Crippen LogP contribution in [0.15, 0.2) is 110 Å². The fourth-order valence-corrected chi connectivity index (χ4v) is 3.90. The van der Waals surface area contributed by atoms with E-state index in [9.17, 15) is 4.79 Å². The van der Waals surface area contributed by atoms with Gasteiger partial charge in [0.1, 0.15) is 6.33 Å². The Kier molecular flexibility index (Phi) is 5.47. The van der Waals surface area contributed by atoms with Gasteiger partial charge in [0.25, 0.3) is 0 Å². The molecule has 5 aromatic rings. The van der Waals surface area contributed by atoms with Gasteiger partial charge in [0.15, 0.2) is 12.1 Å². The standard InChI is InChI=1S/C25H20N6O2/c32-24(30-17-16-26-19-30)33-18-23-27-29-31(28-23)25(20-10-4-1-5-11-20,21-12-6-2-7-13-21)22-14-8-3-9-15-22/h1-17,19H,18H2. The monoisotopic (exact) mass is 436 g/mol. The summed E-state index contributed by atoms with van der Waals surface area (Å²) in [5, 5.41) is 13.3. The first-order valence-corrected chi connectivity index (χ1v) is 10.4. The van der Waals surface area contributed by atoms with Crippen LogP contribution in [0.25, 0.3) is 0 Å². The highest BCUT2D eigenvalue weighted by molar-refractivity contribution is 5.69. The molecule has 0 amide bonds. The molecule has 2 aromatic heterocycles. The van der Waals surface area contributed by atoms with Crippen molar-refractivity contribution in [2.24, 2.45) is 0 Å². The van der Waals surface area contributed by atoms with Gasteiger partial charge in [-0.2, -0.15) is 0 Å². The van der Waals surface area contributed by atoms with Gasteiger partial charge in [-0.25, -0.2) is 14.3 Å². The molecule has 0 unspecified atom stereocenters. The van der Waals surface area contributed by atoms with Crippen molar-refractivity contribution in [2.75, 3.05) is 0 Å². The van der Waals surface area contributed by atoms with Crippen molar-refractivity contribution in [1.82, 2.24) is 29.8 Å². The molecule has 0 aliphatic rings. The molecular formula is C25H20N6O2. The summed E-state index contributed by atoms with van der Waals surface area (Å²) in [4.78, 5) is 17.6. The fourth-order valence-electron chi connectivity index (χ4n) is 3.90. The van der Waals surface area contributed by atoms with E-state index in [0.29, 0.717) is 0 Å². The Labute approximate surface area is 190 Å². The minimum atomic E-state index is -0.872. The van der Waals surface area contributed by atoms with Crippen molar-refractivity contribution in [3.8, 4) is 0 Å². The molecule has 0 fully saturated rings. The maximum atomic E-state index is 12.2. The largest absolute Gasteiger partial charge is 0.441 e. The minimum absolute atomic E-state index is 0.120. The molecule has 0 aliphatic carbocycles. The first kappa shape index (κ1) is 20.3. The Bertz CT molecular complexity index is 1220. The number of hydrogen-bond donors (Lipinski definition) is 0. The van der Waals surface area contributed by atoms with E-state index in [1.807, 2.05) is 91.0 Å². The summed E-state index contributed by atoms with van der Waals surface area (Å²) in [6.45, 7) is -0.120. The van der Waals surface area contributed by atoms with Crippen molar-refractivity contribution < 1.29 is 9.53 Å². The Hall–Kier alpha value is -4.59. The molecule has 162 valence electrons. The average Bonchev–Trinajstić information content (AvgIpc) is 3.59. The number of ether oxygens (including phenoxy) is 1. The first-order valence-electron chi connectivity index (χ1n) is 10.4. The lowest BCUT2D eigenvalue weighted by Gasteiger charge is -2.34. The van der Waals surface area contributed by atoms with Crippen molar-refractivity contribution >= 4 is 6.09 Å². The van der Waals surface area contributed by atoms with Crippen molar-refractivity contribution in [2.45, 2.75) is 12.1 Å². The lowest BCUT2D eigenvalue weighted by Crippen LogP contribution is -2.39. The summed E-state index contributed by atoms with van der Waals surface area (Å²) in [7, 11) is 0. The second-order valence-corrected chi connectivity index (χ2v) is 7.33. The maximum absolute atomic E-state index is 12.2. The van der Waals surface area contributed by atoms with Gasteiger partial charge in [-0.05, 0) is 21.9 Å². The quantitative estimate of drug-likeness (QED) is 0.375. The lowest BCUT2D eigenvalue weighted by atomic mass is 9.77. The normalized spacial score (nSPS) is 11.3. The fraction of sp³-hybridized carbons (Fsp3) is 0.0800. The number of benzene rings is 3. The van der Waals surface area contributed by atoms with Gasteiger partial charge in [0.2, 0.25) is 5.82 Å². The van der Waals surface area contributed by atoms with Crippen LogP contribution in [0.4, 0.5) is 4.79 Å². The van der Waals surface area contributed by atoms with Crippen LogP contribution in [-0.2, 0) is 16.9 Å². The molecule has 0 radical (unpaired) electrons. The number of nitrogens with zero attached hydrogens (tertiary/aromatic N) is 6. The average molecular weight is 436 g/mol. The van der Waals surface area contributed by atoms with Gasteiger partial charge < -0.3 is 4.74 Å². The third-order valence-corrected chi connectivity index (χ3v) is 5.37. The number of carbonyl (C=O) groups excluding carboxylic acids is 1. The van der Waals surface area contributed by atoms with E-state index < -0.39 is 11.6 Å². The minimum Gasteiger partial charge on any atom is -0.441 e. The topological polar surface area (TPSA) is 87.7 Å². The molecule has 0 spiro atoms. The molecule has 0 saturated carbocycles. The van der Waals surface area contributed by atoms with Gasteiger partial charge in [-0.15, -0.1) is 15.0 Å². The summed E-state index contributed by atoms with van der Waals surface area (Å²) in [6, 6.07) is 30.1. The van der Waals surface area contributed by atoms with Gasteiger partial charge in [-0.3, -0.25) is 0 Å². The summed E-state index contributed by atoms with van der Waals surface area (Å²) in [5.41, 5.74) is 2.05. The zero-order valence-electron chi connectivity index (χ0n) is 17.6. The second-order valence-electron chi connectivity index (χ2n) is 7.33. The predicted octanol–water partition coefficient (Wildman–Crippen LogP) is 3.89. The van der Waals surface area contributed by atoms with E-state index in [1.54, 1.807) is 4.80 Å². The molecular weight excluding hydrogens is 416 g/mol. The smallest absolute Gasteiger partial charge is 0.419 e. The van der Waals surface area contributed by atoms with Crippen LogP contribution in [0, 0.1) is 0 Å². The maximum Gasteiger partial charge on any atom is 0.419 e. The van der Waals surface area contributed by atoms with E-state index in [1.165, 1.54) is 23.3 Å². The van der Waals surface area contributed by atoms with Gasteiger partial charge >= 0.3 is 6.09 Å². The van der Waals surface area contributed by atoms with E-state index >= 15 is 0 Å². The zero-order valence-corrected chi connectivity index (χ0v) is 17.6. The van der Waals surface area contributed by atoms with Gasteiger partial charge in [-0.1, -0.05) is 91.0 Å². The molecule has 8 heteroatoms. The number of rotatable bonds is 6. The molecule has 3 aromatic carbocycles. The number of hydrogen-bond acceptors (Lipinski definition) is 6. The zero-order chi connectivity index (χ0) is 22.5. The molecule has 5 rings (SSSR count). The number of carbonyl (C=O) groups is 1. The van der Waals surface area contributed by atoms with Crippen LogP contribution < -0.4 is 0 Å². The number of aromatic nitrogens is 6. The molecule has 8 nitrogen and oxygen atoms in total. The van der Waals surface area contributed by atoms with Crippen LogP contribution in [0.3, 0.4) is 0 Å². The predicted molar refractivity (Wildman–Crippen MR) is 120 cm³/mol. The molecule has 0 saturated heterocycles. The van der Waals surface area contributed by atoms with Gasteiger partial charge in [0, 0.05) is 12.4 Å². The van der Waals surface area contributed by atoms with E-state index in [-0.39, 0.29) is 12.4 Å². The van der Waals surface area contributed by atoms with E-state index in [2.05, 4.69) is 20.4 Å². The Morgan fingerprint density at radius 3 is 1.85 bits per heavy atom. The van der Waals surface area contributed by atoms with Crippen molar-refractivity contribution in [3.63, 3.8) is 0 Å². The molecule has 0 atom stereocenters. The van der Waals surface area contributed by atoms with Crippen LogP contribution in [-0.4, -0.2) is 35.9 Å². The lowest BCUT2D eigenvalue weighted by molar-refractivity contribution is 0.138. The summed E-state index contributed by atoms with van der Waals surface area (Å²) in [6.07, 6.45) is 3.82. The first-order chi connectivity index (χ1) is 16.3. The Morgan fingerprint density at radius 2 is 1.36 bits per heavy atom. The third-order valence-electron chi connectivity index (χ3n) is 5.37. The van der Waals surface area contributed by atoms with Crippen LogP contribution in [0.1, 0.15) is 22.5 Å². The highest BCUT2D eigenvalue weighted by atomic mass is 16.5. The Balaban J connectivity index is 1.61. The van der Waals surface area contributed by atoms with Crippen molar-refractivity contribution in [3.05, 3.63) is 132 Å². The highest BCUT2D eigenvalue weighted by Crippen LogP contribution is 2.39. The van der Waals surface area contributed by atoms with Crippen molar-refractivity contribution in [1.29, 1.82) is 0 Å². The van der Waals surface area contributed by atoms with Crippen LogP contribution in [0.5, 0.6) is 0 Å². The van der Waals surface area contributed by atoms with Crippen LogP contribution in [0.2, 0.25) is 0 Å².